The summed E-state index contributed by atoms with van der Waals surface area (Å²) in [7, 11) is 1.91. The average Bonchev–Trinajstić information content (AvgIpc) is 2.18. The summed E-state index contributed by atoms with van der Waals surface area (Å²) in [6.07, 6.45) is 6.84. The lowest BCUT2D eigenvalue weighted by molar-refractivity contribution is 0.340. The Hall–Kier alpha value is 0.200. The van der Waals surface area contributed by atoms with Crippen LogP contribution in [-0.2, 0) is 0 Å². The van der Waals surface area contributed by atoms with E-state index in [0.29, 0.717) is 6.04 Å². The molecule has 0 atom stereocenters. The fourth-order valence-corrected chi connectivity index (χ4v) is 3.73. The van der Waals surface area contributed by atoms with Gasteiger partial charge in [0.25, 0.3) is 0 Å². The van der Waals surface area contributed by atoms with Crippen LogP contribution in [0.1, 0.15) is 52.9 Å². The van der Waals surface area contributed by atoms with Crippen molar-refractivity contribution >= 4 is 28.7 Å². The normalized spacial score (nSPS) is 20.5. The van der Waals surface area contributed by atoms with Crippen molar-refractivity contribution in [2.75, 3.05) is 7.05 Å². The van der Waals surface area contributed by atoms with Crippen molar-refractivity contribution in [3.05, 3.63) is 0 Å². The van der Waals surface area contributed by atoms with Crippen LogP contribution in [0.15, 0.2) is 4.99 Å². The van der Waals surface area contributed by atoms with Crippen molar-refractivity contribution in [3.63, 3.8) is 0 Å². The molecule has 1 aliphatic rings. The Morgan fingerprint density at radius 3 is 2.13 bits per heavy atom. The van der Waals surface area contributed by atoms with Gasteiger partial charge in [0.1, 0.15) is 5.84 Å². The first-order chi connectivity index (χ1) is 6.96. The van der Waals surface area contributed by atoms with E-state index < -0.39 is 0 Å². The quantitative estimate of drug-likeness (QED) is 0.308. The van der Waals surface area contributed by atoms with Gasteiger partial charge in [0.05, 0.1) is 22.9 Å². The fraction of sp³-hybridized carbons (Fsp3) is 0.917. The molecule has 0 aromatic heterocycles. The highest BCUT2D eigenvalue weighted by molar-refractivity contribution is 14.1. The molecular weight excluding hydrogens is 299 g/mol. The van der Waals surface area contributed by atoms with E-state index in [1.165, 1.54) is 37.9 Å². The van der Waals surface area contributed by atoms with Gasteiger partial charge in [-0.3, -0.25) is 8.11 Å². The van der Waals surface area contributed by atoms with Crippen molar-refractivity contribution in [2.24, 2.45) is 10.4 Å². The molecule has 1 rings (SSSR count). The monoisotopic (exact) mass is 322 g/mol. The van der Waals surface area contributed by atoms with Crippen LogP contribution in [0.2, 0.25) is 0 Å². The molecule has 0 saturated heterocycles. The van der Waals surface area contributed by atoms with E-state index in [0.717, 1.165) is 0 Å². The predicted octanol–water partition coefficient (Wildman–Crippen LogP) is 4.05. The van der Waals surface area contributed by atoms with Crippen LogP contribution in [0.3, 0.4) is 0 Å². The smallest absolute Gasteiger partial charge is 0.113 e. The predicted molar refractivity (Wildman–Crippen MR) is 75.5 cm³/mol. The molecular formula is C12H23IN2. The second-order valence-corrected chi connectivity index (χ2v) is 6.44. The van der Waals surface area contributed by atoms with Crippen LogP contribution in [0.25, 0.3) is 0 Å². The number of aliphatic imine (C=N–C) groups is 1. The summed E-state index contributed by atoms with van der Waals surface area (Å²) in [6, 6.07) is 0.706. The van der Waals surface area contributed by atoms with Gasteiger partial charge in [0, 0.05) is 18.5 Å². The largest absolute Gasteiger partial charge is 0.299 e. The number of halogens is 1. The van der Waals surface area contributed by atoms with Gasteiger partial charge < -0.3 is 0 Å². The molecule has 0 N–H and O–H groups in total. The fourth-order valence-electron chi connectivity index (χ4n) is 2.23. The van der Waals surface area contributed by atoms with Crippen LogP contribution >= 0.6 is 22.9 Å². The van der Waals surface area contributed by atoms with Crippen molar-refractivity contribution < 1.29 is 0 Å². The number of hydrogen-bond acceptors (Lipinski definition) is 1. The molecule has 0 amide bonds. The first kappa shape index (κ1) is 13.3. The van der Waals surface area contributed by atoms with E-state index in [4.69, 9.17) is 0 Å². The van der Waals surface area contributed by atoms with Crippen molar-refractivity contribution in [1.29, 1.82) is 0 Å². The molecule has 0 aromatic rings. The SMILES string of the molecule is C/N=C(\N(I)C1CCCCC1)C(C)(C)C. The number of nitrogens with zero attached hydrogens (tertiary/aromatic N) is 2. The molecule has 88 valence electrons. The van der Waals surface area contributed by atoms with Crippen LogP contribution in [0.4, 0.5) is 0 Å². The molecule has 0 aliphatic heterocycles. The van der Waals surface area contributed by atoms with Crippen LogP contribution in [0, 0.1) is 5.41 Å². The Morgan fingerprint density at radius 1 is 1.20 bits per heavy atom. The van der Waals surface area contributed by atoms with Gasteiger partial charge in [-0.2, -0.15) is 0 Å². The molecule has 0 bridgehead atoms. The number of amidine groups is 1. The van der Waals surface area contributed by atoms with Gasteiger partial charge in [-0.25, -0.2) is 0 Å². The van der Waals surface area contributed by atoms with E-state index >= 15 is 0 Å². The lowest BCUT2D eigenvalue weighted by Crippen LogP contribution is -2.40. The molecule has 1 fully saturated rings. The Balaban J connectivity index is 2.68. The van der Waals surface area contributed by atoms with E-state index in [1.807, 2.05) is 7.05 Å². The zero-order valence-electron chi connectivity index (χ0n) is 10.4. The Labute approximate surface area is 108 Å². The lowest BCUT2D eigenvalue weighted by Gasteiger charge is -2.36. The van der Waals surface area contributed by atoms with E-state index in [9.17, 15) is 0 Å². The topological polar surface area (TPSA) is 15.6 Å². The van der Waals surface area contributed by atoms with Gasteiger partial charge in [-0.05, 0) is 12.8 Å². The van der Waals surface area contributed by atoms with E-state index in [-0.39, 0.29) is 5.41 Å². The van der Waals surface area contributed by atoms with Gasteiger partial charge >= 0.3 is 0 Å². The minimum atomic E-state index is 0.160. The van der Waals surface area contributed by atoms with Gasteiger partial charge in [0.2, 0.25) is 0 Å². The van der Waals surface area contributed by atoms with Crippen molar-refractivity contribution in [3.8, 4) is 0 Å². The first-order valence-electron chi connectivity index (χ1n) is 5.89. The zero-order valence-corrected chi connectivity index (χ0v) is 12.5. The molecule has 1 saturated carbocycles. The maximum absolute atomic E-state index is 4.47. The summed E-state index contributed by atoms with van der Waals surface area (Å²) in [6.45, 7) is 6.72. The van der Waals surface area contributed by atoms with Gasteiger partial charge in [-0.15, -0.1) is 0 Å². The highest BCUT2D eigenvalue weighted by Gasteiger charge is 2.28. The van der Waals surface area contributed by atoms with Crippen LogP contribution in [0.5, 0.6) is 0 Å². The maximum atomic E-state index is 4.47. The van der Waals surface area contributed by atoms with Gasteiger partial charge in [-0.1, -0.05) is 40.0 Å². The Kier molecular flexibility index (Phi) is 4.87. The first-order valence-corrected chi connectivity index (χ1v) is 6.85. The number of rotatable bonds is 1. The Morgan fingerprint density at radius 2 is 1.73 bits per heavy atom. The molecule has 2 nitrogen and oxygen atoms in total. The molecule has 15 heavy (non-hydrogen) atoms. The standard InChI is InChI=1S/C12H23IN2/c1-12(2,3)11(14-4)15(13)10-8-6-5-7-9-10/h10H,5-9H2,1-4H3/b14-11-. The highest BCUT2D eigenvalue weighted by Crippen LogP contribution is 2.30. The molecule has 3 heteroatoms. The van der Waals surface area contributed by atoms with Crippen LogP contribution in [-0.4, -0.2) is 22.0 Å². The average molecular weight is 322 g/mol. The molecule has 0 unspecified atom stereocenters. The third-order valence-corrected chi connectivity index (χ3v) is 4.23. The summed E-state index contributed by atoms with van der Waals surface area (Å²) < 4.78 is 2.39. The maximum Gasteiger partial charge on any atom is 0.113 e. The zero-order chi connectivity index (χ0) is 11.5. The van der Waals surface area contributed by atoms with E-state index in [2.05, 4.69) is 51.7 Å². The minimum Gasteiger partial charge on any atom is -0.299 e. The summed E-state index contributed by atoms with van der Waals surface area (Å²) in [5.74, 6) is 1.23. The van der Waals surface area contributed by atoms with Crippen molar-refractivity contribution in [2.45, 2.75) is 58.9 Å². The lowest BCUT2D eigenvalue weighted by atomic mass is 9.91. The van der Waals surface area contributed by atoms with E-state index in [1.54, 1.807) is 0 Å². The summed E-state index contributed by atoms with van der Waals surface area (Å²) in [5.41, 5.74) is 0.160. The molecule has 0 spiro atoms. The van der Waals surface area contributed by atoms with Crippen LogP contribution < -0.4 is 0 Å². The molecule has 1 aliphatic carbocycles. The second-order valence-electron chi connectivity index (χ2n) is 5.40. The van der Waals surface area contributed by atoms with Gasteiger partial charge in [0.15, 0.2) is 0 Å². The molecule has 0 radical (unpaired) electrons. The molecule has 0 aromatic carbocycles. The summed E-state index contributed by atoms with van der Waals surface area (Å²) in [5, 5.41) is 0. The third kappa shape index (κ3) is 3.61. The minimum absolute atomic E-state index is 0.160. The summed E-state index contributed by atoms with van der Waals surface area (Å²) >= 11 is 2.45. The molecule has 0 heterocycles. The number of hydrogen-bond donors (Lipinski definition) is 0. The Bertz CT molecular complexity index is 224. The highest BCUT2D eigenvalue weighted by atomic mass is 127. The van der Waals surface area contributed by atoms with Crippen molar-refractivity contribution in [1.82, 2.24) is 3.11 Å². The third-order valence-electron chi connectivity index (χ3n) is 2.98. The summed E-state index contributed by atoms with van der Waals surface area (Å²) in [4.78, 5) is 4.47. The second kappa shape index (κ2) is 5.51.